The van der Waals surface area contributed by atoms with Gasteiger partial charge in [-0.2, -0.15) is 0 Å². The van der Waals surface area contributed by atoms with Gasteiger partial charge in [-0.1, -0.05) is 19.1 Å². The van der Waals surface area contributed by atoms with E-state index in [1.807, 2.05) is 5.01 Å². The normalized spacial score (nSPS) is 15.4. The second-order valence-electron chi connectivity index (χ2n) is 3.67. The first kappa shape index (κ1) is 10.8. The van der Waals surface area contributed by atoms with Crippen LogP contribution >= 0.6 is 0 Å². The lowest BCUT2D eigenvalue weighted by Crippen LogP contribution is -2.48. The van der Waals surface area contributed by atoms with Crippen LogP contribution in [0.3, 0.4) is 0 Å². The third-order valence-electron chi connectivity index (χ3n) is 2.66. The molecule has 0 radical (unpaired) electrons. The van der Waals surface area contributed by atoms with E-state index in [0.29, 0.717) is 6.02 Å². The van der Waals surface area contributed by atoms with E-state index in [4.69, 9.17) is 4.74 Å². The van der Waals surface area contributed by atoms with Gasteiger partial charge < -0.3 is 4.74 Å². The lowest BCUT2D eigenvalue weighted by Gasteiger charge is -2.28. The third kappa shape index (κ3) is 2.27. The molecule has 0 unspecified atom stereocenters. The molecule has 4 heteroatoms. The summed E-state index contributed by atoms with van der Waals surface area (Å²) in [4.78, 5) is 4.20. The van der Waals surface area contributed by atoms with Gasteiger partial charge in [-0.25, -0.2) is 4.99 Å². The van der Waals surface area contributed by atoms with Gasteiger partial charge in [0.15, 0.2) is 0 Å². The van der Waals surface area contributed by atoms with Crippen molar-refractivity contribution in [1.29, 1.82) is 0 Å². The molecule has 1 aromatic rings. The molecule has 0 amide bonds. The number of aryl methyl sites for hydroxylation is 1. The van der Waals surface area contributed by atoms with Gasteiger partial charge in [0.05, 0.1) is 25.9 Å². The Morgan fingerprint density at radius 2 is 2.12 bits per heavy atom. The molecule has 1 aromatic carbocycles. The molecule has 4 nitrogen and oxygen atoms in total. The summed E-state index contributed by atoms with van der Waals surface area (Å²) in [5.74, 6) is 0. The zero-order chi connectivity index (χ0) is 11.4. The van der Waals surface area contributed by atoms with Crippen molar-refractivity contribution in [3.8, 4) is 0 Å². The number of benzene rings is 1. The van der Waals surface area contributed by atoms with Crippen molar-refractivity contribution in [2.75, 3.05) is 25.2 Å². The van der Waals surface area contributed by atoms with Crippen molar-refractivity contribution in [1.82, 2.24) is 5.43 Å². The standard InChI is InChI=1S/C12H17N3O/c1-3-10-4-6-11(7-5-10)15-9-8-13-12(14-15)16-2/h4-7H,3,8-9H2,1-2H3,(H,13,14). The van der Waals surface area contributed by atoms with Gasteiger partial charge in [0, 0.05) is 0 Å². The van der Waals surface area contributed by atoms with Gasteiger partial charge in [-0.3, -0.25) is 10.4 Å². The molecule has 1 heterocycles. The van der Waals surface area contributed by atoms with Crippen LogP contribution in [0.1, 0.15) is 12.5 Å². The van der Waals surface area contributed by atoms with Crippen molar-refractivity contribution >= 4 is 11.7 Å². The molecule has 0 bridgehead atoms. The number of nitrogens with one attached hydrogen (secondary N) is 1. The first-order valence-corrected chi connectivity index (χ1v) is 5.55. The van der Waals surface area contributed by atoms with Gasteiger partial charge in [0.2, 0.25) is 0 Å². The van der Waals surface area contributed by atoms with E-state index >= 15 is 0 Å². The van der Waals surface area contributed by atoms with Gasteiger partial charge in [0.25, 0.3) is 0 Å². The Labute approximate surface area is 95.9 Å². The summed E-state index contributed by atoms with van der Waals surface area (Å²) in [5, 5.41) is 2.05. The number of ether oxygens (including phenoxy) is 1. The second-order valence-corrected chi connectivity index (χ2v) is 3.67. The van der Waals surface area contributed by atoms with Crippen molar-refractivity contribution in [3.05, 3.63) is 29.8 Å². The maximum Gasteiger partial charge on any atom is 0.303 e. The van der Waals surface area contributed by atoms with Crippen molar-refractivity contribution in [3.63, 3.8) is 0 Å². The minimum atomic E-state index is 0.575. The van der Waals surface area contributed by atoms with Crippen LogP contribution in [0.15, 0.2) is 29.3 Å². The Bertz CT molecular complexity index is 372. The summed E-state index contributed by atoms with van der Waals surface area (Å²) in [6, 6.07) is 9.10. The minimum absolute atomic E-state index is 0.575. The lowest BCUT2D eigenvalue weighted by molar-refractivity contribution is 0.368. The highest BCUT2D eigenvalue weighted by Crippen LogP contribution is 2.15. The SMILES string of the molecule is CCc1ccc(N2CCN=C(OC)N2)cc1. The number of aliphatic imine (C=N–C) groups is 1. The van der Waals surface area contributed by atoms with E-state index in [1.165, 1.54) is 5.56 Å². The molecule has 86 valence electrons. The molecule has 0 saturated heterocycles. The van der Waals surface area contributed by atoms with Crippen LogP contribution < -0.4 is 10.4 Å². The van der Waals surface area contributed by atoms with E-state index in [1.54, 1.807) is 7.11 Å². The highest BCUT2D eigenvalue weighted by molar-refractivity contribution is 5.76. The molecule has 0 atom stereocenters. The number of anilines is 1. The smallest absolute Gasteiger partial charge is 0.303 e. The summed E-state index contributed by atoms with van der Waals surface area (Å²) < 4.78 is 5.08. The first-order valence-electron chi connectivity index (χ1n) is 5.55. The van der Waals surface area contributed by atoms with E-state index in [-0.39, 0.29) is 0 Å². The quantitative estimate of drug-likeness (QED) is 0.820. The zero-order valence-electron chi connectivity index (χ0n) is 9.73. The van der Waals surface area contributed by atoms with Crippen LogP contribution in [0.5, 0.6) is 0 Å². The monoisotopic (exact) mass is 219 g/mol. The molecule has 0 aromatic heterocycles. The highest BCUT2D eigenvalue weighted by Gasteiger charge is 2.13. The van der Waals surface area contributed by atoms with Crippen molar-refractivity contribution < 1.29 is 4.74 Å². The number of hydrogen-bond acceptors (Lipinski definition) is 4. The molecule has 0 saturated carbocycles. The summed E-state index contributed by atoms with van der Waals surface area (Å²) >= 11 is 0. The molecule has 0 aliphatic carbocycles. The summed E-state index contributed by atoms with van der Waals surface area (Å²) in [6.45, 7) is 3.77. The Morgan fingerprint density at radius 3 is 2.75 bits per heavy atom. The first-order chi connectivity index (χ1) is 7.83. The second kappa shape index (κ2) is 4.88. The average molecular weight is 219 g/mol. The molecular formula is C12H17N3O. The van der Waals surface area contributed by atoms with Crippen LogP contribution in [0, 0.1) is 0 Å². The van der Waals surface area contributed by atoms with Gasteiger partial charge in [-0.15, -0.1) is 0 Å². The van der Waals surface area contributed by atoms with Crippen LogP contribution in [0.2, 0.25) is 0 Å². The van der Waals surface area contributed by atoms with E-state index in [0.717, 1.165) is 25.2 Å². The Hall–Kier alpha value is -1.71. The Morgan fingerprint density at radius 1 is 1.38 bits per heavy atom. The number of hydrogen-bond donors (Lipinski definition) is 1. The maximum absolute atomic E-state index is 5.08. The summed E-state index contributed by atoms with van der Waals surface area (Å²) in [7, 11) is 1.62. The summed E-state index contributed by atoms with van der Waals surface area (Å²) in [5.41, 5.74) is 5.61. The molecule has 0 fully saturated rings. The molecule has 16 heavy (non-hydrogen) atoms. The molecule has 1 N–H and O–H groups in total. The van der Waals surface area contributed by atoms with Crippen LogP contribution in [0.4, 0.5) is 5.69 Å². The number of amidine groups is 1. The third-order valence-corrected chi connectivity index (χ3v) is 2.66. The predicted molar refractivity (Wildman–Crippen MR) is 65.6 cm³/mol. The maximum atomic E-state index is 5.08. The average Bonchev–Trinajstić information content (AvgIpc) is 2.39. The van der Waals surface area contributed by atoms with E-state index in [2.05, 4.69) is 41.6 Å². The van der Waals surface area contributed by atoms with Gasteiger partial charge in [0.1, 0.15) is 0 Å². The number of methoxy groups -OCH3 is 1. The minimum Gasteiger partial charge on any atom is -0.467 e. The molecular weight excluding hydrogens is 202 g/mol. The van der Waals surface area contributed by atoms with Gasteiger partial charge >= 0.3 is 6.02 Å². The van der Waals surface area contributed by atoms with Gasteiger partial charge in [-0.05, 0) is 24.1 Å². The van der Waals surface area contributed by atoms with E-state index in [9.17, 15) is 0 Å². The fourth-order valence-electron chi connectivity index (χ4n) is 1.67. The molecule has 0 spiro atoms. The lowest BCUT2D eigenvalue weighted by atomic mass is 10.1. The highest BCUT2D eigenvalue weighted by atomic mass is 16.5. The molecule has 1 aliphatic rings. The number of hydrazine groups is 1. The van der Waals surface area contributed by atoms with Crippen LogP contribution in [-0.2, 0) is 11.2 Å². The number of rotatable bonds is 2. The van der Waals surface area contributed by atoms with E-state index < -0.39 is 0 Å². The number of nitrogens with zero attached hydrogens (tertiary/aromatic N) is 2. The fourth-order valence-corrected chi connectivity index (χ4v) is 1.67. The van der Waals surface area contributed by atoms with Crippen molar-refractivity contribution in [2.24, 2.45) is 4.99 Å². The van der Waals surface area contributed by atoms with Crippen molar-refractivity contribution in [2.45, 2.75) is 13.3 Å². The Kier molecular flexibility index (Phi) is 3.29. The fraction of sp³-hybridized carbons (Fsp3) is 0.417. The zero-order valence-corrected chi connectivity index (χ0v) is 9.73. The summed E-state index contributed by atoms with van der Waals surface area (Å²) in [6.07, 6.45) is 1.07. The predicted octanol–water partition coefficient (Wildman–Crippen LogP) is 1.58. The topological polar surface area (TPSA) is 36.9 Å². The molecule has 1 aliphatic heterocycles. The molecule has 2 rings (SSSR count). The Balaban J connectivity index is 2.09. The van der Waals surface area contributed by atoms with Crippen LogP contribution in [0.25, 0.3) is 0 Å². The van der Waals surface area contributed by atoms with Crippen LogP contribution in [-0.4, -0.2) is 26.2 Å². The largest absolute Gasteiger partial charge is 0.467 e.